The summed E-state index contributed by atoms with van der Waals surface area (Å²) in [6, 6.07) is 5.42. The minimum absolute atomic E-state index is 0.379. The van der Waals surface area contributed by atoms with E-state index in [0.29, 0.717) is 30.1 Å². The summed E-state index contributed by atoms with van der Waals surface area (Å²) in [7, 11) is -1.51. The third-order valence-electron chi connectivity index (χ3n) is 3.30. The predicted molar refractivity (Wildman–Crippen MR) is 86.5 cm³/mol. The van der Waals surface area contributed by atoms with Gasteiger partial charge in [-0.3, -0.25) is 0 Å². The van der Waals surface area contributed by atoms with Gasteiger partial charge in [0.2, 0.25) is 7.87 Å². The van der Waals surface area contributed by atoms with Gasteiger partial charge in [-0.25, -0.2) is 9.19 Å². The number of methoxy groups -OCH3 is 1. The lowest BCUT2D eigenvalue weighted by molar-refractivity contribution is -0.200. The number of nitrogens with zero attached hydrogens (tertiary/aromatic N) is 1. The molecule has 1 atom stereocenters. The Hall–Kier alpha value is -0.640. The number of rotatable bonds is 6. The average Bonchev–Trinajstić information content (AvgIpc) is 2.45. The Morgan fingerprint density at radius 2 is 2.10 bits per heavy atom. The van der Waals surface area contributed by atoms with E-state index in [1.807, 2.05) is 30.7 Å². The van der Waals surface area contributed by atoms with E-state index in [1.165, 1.54) is 0 Å². The first-order valence-corrected chi connectivity index (χ1v) is 9.04. The van der Waals surface area contributed by atoms with Crippen LogP contribution >= 0.6 is 19.5 Å². The topological polar surface area (TPSA) is 44.8 Å². The van der Waals surface area contributed by atoms with Crippen LogP contribution in [-0.4, -0.2) is 31.5 Å². The lowest BCUT2D eigenvalue weighted by Gasteiger charge is -2.43. The second-order valence-electron chi connectivity index (χ2n) is 4.83. The van der Waals surface area contributed by atoms with Crippen molar-refractivity contribution in [2.45, 2.75) is 20.3 Å². The molecule has 0 saturated heterocycles. The van der Waals surface area contributed by atoms with Crippen molar-refractivity contribution in [3.05, 3.63) is 34.5 Å². The lowest BCUT2D eigenvalue weighted by atomic mass is 10.2. The van der Waals surface area contributed by atoms with Gasteiger partial charge in [-0.05, 0) is 31.6 Å². The van der Waals surface area contributed by atoms with Crippen molar-refractivity contribution < 1.29 is 14.2 Å². The maximum Gasteiger partial charge on any atom is 0.230 e. The zero-order valence-electron chi connectivity index (χ0n) is 12.6. The van der Waals surface area contributed by atoms with Crippen molar-refractivity contribution in [1.82, 2.24) is 4.67 Å². The molecule has 6 heteroatoms. The molecule has 0 saturated carbocycles. The van der Waals surface area contributed by atoms with Crippen molar-refractivity contribution in [2.24, 2.45) is 0 Å². The molecule has 0 amide bonds. The molecule has 0 bridgehead atoms. The van der Waals surface area contributed by atoms with Gasteiger partial charge in [-0.15, -0.1) is 0 Å². The van der Waals surface area contributed by atoms with E-state index in [1.54, 1.807) is 19.2 Å². The smallest absolute Gasteiger partial charge is 0.230 e. The van der Waals surface area contributed by atoms with E-state index in [9.17, 15) is 4.89 Å². The number of hydrogen-bond acceptors (Lipinski definition) is 4. The van der Waals surface area contributed by atoms with Gasteiger partial charge in [0.1, 0.15) is 0 Å². The van der Waals surface area contributed by atoms with Gasteiger partial charge in [0, 0.05) is 23.8 Å². The van der Waals surface area contributed by atoms with E-state index in [2.05, 4.69) is 0 Å². The molecule has 1 unspecified atom stereocenters. The van der Waals surface area contributed by atoms with Crippen LogP contribution in [-0.2, 0) is 9.26 Å². The number of fused-ring (bicyclic) bond motifs is 1. The van der Waals surface area contributed by atoms with Crippen molar-refractivity contribution >= 4 is 30.8 Å². The molecule has 0 aromatic heterocycles. The SMILES string of the molecule is CCCN1C(COC)=Cc2ccc(Cl)cc2[P+]1([O-])OCC. The normalized spacial score (nSPS) is 21.2. The summed E-state index contributed by atoms with van der Waals surface area (Å²) < 4.78 is 12.8. The summed E-state index contributed by atoms with van der Waals surface area (Å²) in [4.78, 5) is 13.6. The number of halogens is 1. The van der Waals surface area contributed by atoms with Crippen molar-refractivity contribution in [3.8, 4) is 0 Å². The molecule has 0 N–H and O–H groups in total. The molecule has 1 heterocycles. The Morgan fingerprint density at radius 3 is 2.71 bits per heavy atom. The molecule has 21 heavy (non-hydrogen) atoms. The van der Waals surface area contributed by atoms with Crippen molar-refractivity contribution in [1.29, 1.82) is 0 Å². The zero-order valence-corrected chi connectivity index (χ0v) is 14.3. The van der Waals surface area contributed by atoms with Gasteiger partial charge >= 0.3 is 0 Å². The highest BCUT2D eigenvalue weighted by molar-refractivity contribution is 7.70. The van der Waals surface area contributed by atoms with Crippen LogP contribution in [0, 0.1) is 0 Å². The minimum Gasteiger partial charge on any atom is -0.633 e. The van der Waals surface area contributed by atoms with Gasteiger partial charge in [0.15, 0.2) is 5.30 Å². The second-order valence-corrected chi connectivity index (χ2v) is 7.53. The van der Waals surface area contributed by atoms with Gasteiger partial charge in [0.25, 0.3) is 0 Å². The van der Waals surface area contributed by atoms with E-state index < -0.39 is 7.87 Å². The first-order chi connectivity index (χ1) is 10.1. The van der Waals surface area contributed by atoms with Crippen LogP contribution in [0.5, 0.6) is 0 Å². The first-order valence-electron chi connectivity index (χ1n) is 7.09. The molecule has 116 valence electrons. The Kier molecular flexibility index (Phi) is 5.64. The first kappa shape index (κ1) is 16.7. The summed E-state index contributed by atoms with van der Waals surface area (Å²) in [5.41, 5.74) is 1.77. The predicted octanol–water partition coefficient (Wildman–Crippen LogP) is 2.84. The molecule has 2 rings (SSSR count). The standard InChI is InChI=1S/C15H21ClNO3P/c1-4-8-17-14(11-19-3)9-12-6-7-13(16)10-15(12)21(17,18)20-5-2/h6-7,9-10H,4-5,8,11H2,1-3H3. The molecular formula is C15H21ClNO3P. The molecular weight excluding hydrogens is 309 g/mol. The minimum atomic E-state index is -3.14. The number of benzene rings is 1. The number of hydrogen-bond donors (Lipinski definition) is 0. The average molecular weight is 330 g/mol. The van der Waals surface area contributed by atoms with E-state index in [4.69, 9.17) is 20.9 Å². The molecule has 1 aromatic rings. The van der Waals surface area contributed by atoms with E-state index >= 15 is 0 Å². The largest absolute Gasteiger partial charge is 0.633 e. The van der Waals surface area contributed by atoms with Crippen molar-refractivity contribution in [3.63, 3.8) is 0 Å². The quantitative estimate of drug-likeness (QED) is 0.753. The number of ether oxygens (including phenoxy) is 1. The fourth-order valence-corrected chi connectivity index (χ4v) is 5.32. The van der Waals surface area contributed by atoms with E-state index in [-0.39, 0.29) is 0 Å². The zero-order chi connectivity index (χ0) is 15.5. The molecule has 0 radical (unpaired) electrons. The van der Waals surface area contributed by atoms with Gasteiger partial charge < -0.3 is 9.63 Å². The molecule has 0 fully saturated rings. The van der Waals surface area contributed by atoms with Gasteiger partial charge in [-0.1, -0.05) is 18.5 Å². The molecule has 1 aromatic carbocycles. The Bertz CT molecular complexity index is 538. The maximum absolute atomic E-state index is 13.6. The monoisotopic (exact) mass is 329 g/mol. The van der Waals surface area contributed by atoms with Crippen LogP contribution in [0.4, 0.5) is 0 Å². The highest BCUT2D eigenvalue weighted by Crippen LogP contribution is 2.58. The van der Waals surface area contributed by atoms with Crippen molar-refractivity contribution in [2.75, 3.05) is 26.9 Å². The summed E-state index contributed by atoms with van der Waals surface area (Å²) in [5.74, 6) is 0. The molecule has 0 aliphatic carbocycles. The highest BCUT2D eigenvalue weighted by atomic mass is 35.5. The Balaban J connectivity index is 2.58. The van der Waals surface area contributed by atoms with Crippen LogP contribution in [0.25, 0.3) is 6.08 Å². The summed E-state index contributed by atoms with van der Waals surface area (Å²) in [6.45, 7) is 5.33. The lowest BCUT2D eigenvalue weighted by Crippen LogP contribution is -2.43. The fraction of sp³-hybridized carbons (Fsp3) is 0.467. The van der Waals surface area contributed by atoms with Crippen LogP contribution in [0.3, 0.4) is 0 Å². The van der Waals surface area contributed by atoms with Gasteiger partial charge in [-0.2, -0.15) is 0 Å². The molecule has 1 aliphatic heterocycles. The molecule has 1 aliphatic rings. The van der Waals surface area contributed by atoms with Crippen LogP contribution in [0.1, 0.15) is 25.8 Å². The van der Waals surface area contributed by atoms with E-state index in [0.717, 1.165) is 17.7 Å². The summed E-state index contributed by atoms with van der Waals surface area (Å²) in [5, 5.41) is 1.24. The Morgan fingerprint density at radius 1 is 1.33 bits per heavy atom. The van der Waals surface area contributed by atoms with Gasteiger partial charge in [0.05, 0.1) is 25.5 Å². The van der Waals surface area contributed by atoms with Crippen LogP contribution < -0.4 is 10.2 Å². The third-order valence-corrected chi connectivity index (χ3v) is 6.23. The third kappa shape index (κ3) is 3.25. The highest BCUT2D eigenvalue weighted by Gasteiger charge is 2.44. The van der Waals surface area contributed by atoms with Crippen LogP contribution in [0.15, 0.2) is 23.9 Å². The summed E-state index contributed by atoms with van der Waals surface area (Å²) in [6.07, 6.45) is 2.87. The second kappa shape index (κ2) is 7.08. The Labute approximate surface area is 131 Å². The fourth-order valence-electron chi connectivity index (χ4n) is 2.50. The molecule has 0 spiro atoms. The summed E-state index contributed by atoms with van der Waals surface area (Å²) >= 11 is 6.09. The molecule has 4 nitrogen and oxygen atoms in total. The van der Waals surface area contributed by atoms with Crippen LogP contribution in [0.2, 0.25) is 5.02 Å². The maximum atomic E-state index is 13.6.